The zero-order valence-electron chi connectivity index (χ0n) is 7.50. The van der Waals surface area contributed by atoms with Crippen LogP contribution in [0.3, 0.4) is 0 Å². The Morgan fingerprint density at radius 1 is 1.75 bits per heavy atom. The van der Waals surface area contributed by atoms with Gasteiger partial charge in [-0.15, -0.1) is 0 Å². The molecule has 0 amide bonds. The number of hydrogen-bond donors (Lipinski definition) is 0. The van der Waals surface area contributed by atoms with Crippen LogP contribution in [-0.2, 0) is 4.79 Å². The molecule has 0 N–H and O–H groups in total. The molecule has 0 aromatic heterocycles. The molecule has 1 atom stereocenters. The van der Waals surface area contributed by atoms with Crippen molar-refractivity contribution in [3.05, 3.63) is 23.8 Å². The average Bonchev–Trinajstić information content (AvgIpc) is 2.01. The fourth-order valence-corrected chi connectivity index (χ4v) is 1.52. The SMILES string of the molecule is CC1=CC=CC(C)(CN=C=O)C1. The second kappa shape index (κ2) is 3.51. The molecule has 0 bridgehead atoms. The Balaban J connectivity index is 2.68. The Morgan fingerprint density at radius 3 is 3.08 bits per heavy atom. The standard InChI is InChI=1S/C10H13NO/c1-9-4-3-5-10(2,6-9)7-11-8-12/h3-5H,6-7H2,1-2H3. The summed E-state index contributed by atoms with van der Waals surface area (Å²) in [5.41, 5.74) is 1.36. The van der Waals surface area contributed by atoms with Crippen LogP contribution >= 0.6 is 0 Å². The van der Waals surface area contributed by atoms with Crippen molar-refractivity contribution in [2.24, 2.45) is 10.4 Å². The highest BCUT2D eigenvalue weighted by Gasteiger charge is 2.22. The molecule has 0 heterocycles. The first kappa shape index (κ1) is 8.95. The van der Waals surface area contributed by atoms with Crippen LogP contribution < -0.4 is 0 Å². The Kier molecular flexibility index (Phi) is 2.61. The van der Waals surface area contributed by atoms with Crippen molar-refractivity contribution in [2.75, 3.05) is 6.54 Å². The predicted octanol–water partition coefficient (Wildman–Crippen LogP) is 2.23. The summed E-state index contributed by atoms with van der Waals surface area (Å²) in [6.45, 7) is 4.73. The third-order valence-corrected chi connectivity index (χ3v) is 2.07. The van der Waals surface area contributed by atoms with Gasteiger partial charge in [0.25, 0.3) is 0 Å². The molecule has 0 radical (unpaired) electrons. The average molecular weight is 163 g/mol. The molecule has 0 fully saturated rings. The minimum atomic E-state index is 0.0241. The van der Waals surface area contributed by atoms with E-state index in [1.54, 1.807) is 6.08 Å². The van der Waals surface area contributed by atoms with E-state index in [-0.39, 0.29) is 5.41 Å². The molecule has 12 heavy (non-hydrogen) atoms. The Hall–Kier alpha value is -1.14. The molecule has 0 saturated carbocycles. The van der Waals surface area contributed by atoms with E-state index in [1.165, 1.54) is 5.57 Å². The third-order valence-electron chi connectivity index (χ3n) is 2.07. The van der Waals surface area contributed by atoms with Crippen LogP contribution in [-0.4, -0.2) is 12.6 Å². The van der Waals surface area contributed by atoms with Crippen molar-refractivity contribution in [3.63, 3.8) is 0 Å². The summed E-state index contributed by atoms with van der Waals surface area (Å²) in [6.07, 6.45) is 8.77. The molecule has 1 unspecified atom stereocenters. The minimum Gasteiger partial charge on any atom is -0.211 e. The van der Waals surface area contributed by atoms with Crippen molar-refractivity contribution in [1.82, 2.24) is 0 Å². The van der Waals surface area contributed by atoms with Crippen molar-refractivity contribution >= 4 is 6.08 Å². The van der Waals surface area contributed by atoms with Crippen LogP contribution in [0.5, 0.6) is 0 Å². The molecule has 1 rings (SSSR count). The fraction of sp³-hybridized carbons (Fsp3) is 0.500. The smallest absolute Gasteiger partial charge is 0.211 e. The highest BCUT2D eigenvalue weighted by molar-refractivity contribution is 5.33. The first-order valence-electron chi connectivity index (χ1n) is 4.05. The second-order valence-electron chi connectivity index (χ2n) is 3.61. The van der Waals surface area contributed by atoms with Crippen LogP contribution in [0.2, 0.25) is 0 Å². The normalized spacial score (nSPS) is 27.7. The number of rotatable bonds is 2. The zero-order chi connectivity index (χ0) is 9.03. The van der Waals surface area contributed by atoms with Gasteiger partial charge < -0.3 is 0 Å². The lowest BCUT2D eigenvalue weighted by Crippen LogP contribution is -2.19. The van der Waals surface area contributed by atoms with Gasteiger partial charge in [-0.05, 0) is 13.3 Å². The lowest BCUT2D eigenvalue weighted by molar-refractivity contribution is 0.430. The molecular weight excluding hydrogens is 150 g/mol. The van der Waals surface area contributed by atoms with E-state index in [9.17, 15) is 4.79 Å². The molecule has 1 aliphatic rings. The summed E-state index contributed by atoms with van der Waals surface area (Å²) in [5.74, 6) is 0. The van der Waals surface area contributed by atoms with Crippen LogP contribution in [0.4, 0.5) is 0 Å². The minimum absolute atomic E-state index is 0.0241. The first-order chi connectivity index (χ1) is 5.66. The van der Waals surface area contributed by atoms with Crippen LogP contribution in [0.15, 0.2) is 28.8 Å². The molecule has 1 aliphatic carbocycles. The number of carbonyl (C=O) groups excluding carboxylic acids is 1. The van der Waals surface area contributed by atoms with Gasteiger partial charge in [-0.25, -0.2) is 9.79 Å². The van der Waals surface area contributed by atoms with Crippen LogP contribution in [0, 0.1) is 5.41 Å². The maximum atomic E-state index is 9.94. The number of isocyanates is 1. The van der Waals surface area contributed by atoms with Gasteiger partial charge in [-0.2, -0.15) is 0 Å². The van der Waals surface area contributed by atoms with Gasteiger partial charge in [0, 0.05) is 5.41 Å². The highest BCUT2D eigenvalue weighted by Crippen LogP contribution is 2.30. The molecule has 0 aromatic rings. The van der Waals surface area contributed by atoms with Crippen LogP contribution in [0.25, 0.3) is 0 Å². The summed E-state index contributed by atoms with van der Waals surface area (Å²) in [7, 11) is 0. The molecule has 2 nitrogen and oxygen atoms in total. The van der Waals surface area contributed by atoms with Crippen molar-refractivity contribution < 1.29 is 4.79 Å². The molecule has 0 saturated heterocycles. The molecule has 64 valence electrons. The van der Waals surface area contributed by atoms with Gasteiger partial charge in [0.15, 0.2) is 0 Å². The molecule has 2 heteroatoms. The van der Waals surface area contributed by atoms with Gasteiger partial charge >= 0.3 is 0 Å². The topological polar surface area (TPSA) is 29.4 Å². The summed E-state index contributed by atoms with van der Waals surface area (Å²) in [6, 6.07) is 0. The van der Waals surface area contributed by atoms with E-state index in [0.29, 0.717) is 6.54 Å². The summed E-state index contributed by atoms with van der Waals surface area (Å²) in [5, 5.41) is 0. The third kappa shape index (κ3) is 2.18. The van der Waals surface area contributed by atoms with E-state index in [2.05, 4.69) is 31.0 Å². The van der Waals surface area contributed by atoms with E-state index < -0.39 is 0 Å². The lowest BCUT2D eigenvalue weighted by atomic mass is 9.81. The van der Waals surface area contributed by atoms with Crippen LogP contribution in [0.1, 0.15) is 20.3 Å². The van der Waals surface area contributed by atoms with E-state index in [0.717, 1.165) is 6.42 Å². The number of nitrogens with zero attached hydrogens (tertiary/aromatic N) is 1. The van der Waals surface area contributed by atoms with Gasteiger partial charge in [0.2, 0.25) is 6.08 Å². The fourth-order valence-electron chi connectivity index (χ4n) is 1.52. The maximum Gasteiger partial charge on any atom is 0.234 e. The number of aliphatic imine (C=N–C) groups is 1. The van der Waals surface area contributed by atoms with Crippen molar-refractivity contribution in [2.45, 2.75) is 20.3 Å². The van der Waals surface area contributed by atoms with E-state index in [1.807, 2.05) is 6.08 Å². The molecule has 0 spiro atoms. The van der Waals surface area contributed by atoms with Gasteiger partial charge in [-0.1, -0.05) is 30.7 Å². The van der Waals surface area contributed by atoms with Gasteiger partial charge in [-0.3, -0.25) is 0 Å². The second-order valence-corrected chi connectivity index (χ2v) is 3.61. The highest BCUT2D eigenvalue weighted by atomic mass is 16.1. The van der Waals surface area contributed by atoms with Crippen molar-refractivity contribution in [3.8, 4) is 0 Å². The number of allylic oxidation sites excluding steroid dienone is 3. The predicted molar refractivity (Wildman–Crippen MR) is 48.6 cm³/mol. The largest absolute Gasteiger partial charge is 0.234 e. The summed E-state index contributed by atoms with van der Waals surface area (Å²) in [4.78, 5) is 13.6. The molecule has 0 aliphatic heterocycles. The Morgan fingerprint density at radius 2 is 2.50 bits per heavy atom. The molecule has 0 aromatic carbocycles. The van der Waals surface area contributed by atoms with Crippen molar-refractivity contribution in [1.29, 1.82) is 0 Å². The van der Waals surface area contributed by atoms with Gasteiger partial charge in [0.05, 0.1) is 6.54 Å². The molecular formula is C10H13NO. The first-order valence-corrected chi connectivity index (χ1v) is 4.05. The maximum absolute atomic E-state index is 9.94. The van der Waals surface area contributed by atoms with E-state index in [4.69, 9.17) is 0 Å². The quantitative estimate of drug-likeness (QED) is 0.453. The lowest BCUT2D eigenvalue weighted by Gasteiger charge is -2.25. The Bertz CT molecular complexity index is 268. The van der Waals surface area contributed by atoms with Gasteiger partial charge in [0.1, 0.15) is 0 Å². The van der Waals surface area contributed by atoms with E-state index >= 15 is 0 Å². The zero-order valence-corrected chi connectivity index (χ0v) is 7.50. The summed E-state index contributed by atoms with van der Waals surface area (Å²) < 4.78 is 0. The Labute approximate surface area is 72.7 Å². The monoisotopic (exact) mass is 163 g/mol. The summed E-state index contributed by atoms with van der Waals surface area (Å²) >= 11 is 0. The number of hydrogen-bond acceptors (Lipinski definition) is 2.